The van der Waals surface area contributed by atoms with Gasteiger partial charge in [-0.05, 0) is 72.7 Å². The van der Waals surface area contributed by atoms with Gasteiger partial charge >= 0.3 is 0 Å². The Bertz CT molecular complexity index is 1190. The van der Waals surface area contributed by atoms with Gasteiger partial charge in [0, 0.05) is 42.8 Å². The summed E-state index contributed by atoms with van der Waals surface area (Å²) >= 11 is 0. The number of carbonyl (C=O) groups excluding carboxylic acids is 1. The Morgan fingerprint density at radius 3 is 3.03 bits per heavy atom. The number of rotatable bonds is 4. The predicted octanol–water partition coefficient (Wildman–Crippen LogP) is 4.67. The third kappa shape index (κ3) is 3.84. The minimum Gasteiger partial charge on any atom is -0.487 e. The summed E-state index contributed by atoms with van der Waals surface area (Å²) in [6.45, 7) is 7.70. The van der Waals surface area contributed by atoms with Gasteiger partial charge in [0.25, 0.3) is 0 Å². The van der Waals surface area contributed by atoms with Gasteiger partial charge in [0.1, 0.15) is 18.2 Å². The van der Waals surface area contributed by atoms with Crippen molar-refractivity contribution < 1.29 is 9.53 Å². The zero-order chi connectivity index (χ0) is 22.1. The highest BCUT2D eigenvalue weighted by Crippen LogP contribution is 2.38. The molecule has 0 spiro atoms. The molecule has 1 N–H and O–H groups in total. The van der Waals surface area contributed by atoms with Crippen molar-refractivity contribution in [3.05, 3.63) is 78.3 Å². The smallest absolute Gasteiger partial charge is 0.245 e. The van der Waals surface area contributed by atoms with Crippen LogP contribution < -0.4 is 10.1 Å². The molecule has 6 nitrogen and oxygen atoms in total. The highest BCUT2D eigenvalue weighted by Gasteiger charge is 2.26. The molecule has 2 aromatic heterocycles. The van der Waals surface area contributed by atoms with Gasteiger partial charge in [0.2, 0.25) is 5.91 Å². The molecule has 2 aliphatic rings. The van der Waals surface area contributed by atoms with E-state index in [9.17, 15) is 4.79 Å². The lowest BCUT2D eigenvalue weighted by Gasteiger charge is -2.15. The van der Waals surface area contributed by atoms with E-state index in [-0.39, 0.29) is 5.91 Å². The van der Waals surface area contributed by atoms with Crippen LogP contribution in [-0.4, -0.2) is 33.9 Å². The van der Waals surface area contributed by atoms with Crippen molar-refractivity contribution in [3.8, 4) is 16.9 Å². The minimum atomic E-state index is 0.0202. The van der Waals surface area contributed by atoms with Crippen LogP contribution in [-0.2, 0) is 17.8 Å². The Kier molecular flexibility index (Phi) is 5.35. The van der Waals surface area contributed by atoms with Crippen LogP contribution in [0.2, 0.25) is 0 Å². The topological polar surface area (TPSA) is 67.4 Å². The van der Waals surface area contributed by atoms with Gasteiger partial charge in [-0.1, -0.05) is 12.6 Å². The molecule has 0 radical (unpaired) electrons. The Morgan fingerprint density at radius 1 is 1.28 bits per heavy atom. The number of pyridine rings is 2. The van der Waals surface area contributed by atoms with Crippen LogP contribution in [0.5, 0.6) is 5.75 Å². The second kappa shape index (κ2) is 8.46. The van der Waals surface area contributed by atoms with Gasteiger partial charge in [-0.15, -0.1) is 0 Å². The number of fused-ring (bicyclic) bond motifs is 2. The average molecular weight is 427 g/mol. The molecule has 1 fully saturated rings. The number of amides is 1. The number of anilines is 2. The molecule has 1 unspecified atom stereocenters. The van der Waals surface area contributed by atoms with Crippen LogP contribution in [0.1, 0.15) is 23.1 Å². The number of nitrogens with zero attached hydrogens (tertiary/aromatic N) is 3. The first-order chi connectivity index (χ1) is 15.6. The molecule has 4 heterocycles. The first-order valence-corrected chi connectivity index (χ1v) is 11.0. The van der Waals surface area contributed by atoms with Crippen molar-refractivity contribution in [1.29, 1.82) is 0 Å². The SMILES string of the molecule is C=CC(=O)N1CCC(Cc2ccc3c(c2)Nc2nccc(-c4cnccc4C)c2CO3)C1. The second-order valence-corrected chi connectivity index (χ2v) is 8.47. The molecule has 1 atom stereocenters. The number of nitrogens with one attached hydrogen (secondary N) is 1. The van der Waals surface area contributed by atoms with E-state index in [0.29, 0.717) is 12.5 Å². The fraction of sp³-hybridized carbons (Fsp3) is 0.269. The predicted molar refractivity (Wildman–Crippen MR) is 125 cm³/mol. The number of likely N-dealkylation sites (tertiary alicyclic amines) is 1. The third-order valence-electron chi connectivity index (χ3n) is 6.35. The van der Waals surface area contributed by atoms with Crippen molar-refractivity contribution >= 4 is 17.4 Å². The van der Waals surface area contributed by atoms with E-state index in [1.807, 2.05) is 41.7 Å². The zero-order valence-electron chi connectivity index (χ0n) is 18.2. The van der Waals surface area contributed by atoms with Crippen molar-refractivity contribution in [3.63, 3.8) is 0 Å². The van der Waals surface area contributed by atoms with Crippen molar-refractivity contribution in [2.45, 2.75) is 26.4 Å². The molecule has 0 aliphatic carbocycles. The quantitative estimate of drug-likeness (QED) is 0.615. The number of aromatic nitrogens is 2. The lowest BCUT2D eigenvalue weighted by Crippen LogP contribution is -2.26. The van der Waals surface area contributed by atoms with Crippen molar-refractivity contribution in [1.82, 2.24) is 14.9 Å². The largest absolute Gasteiger partial charge is 0.487 e. The van der Waals surface area contributed by atoms with Crippen molar-refractivity contribution in [2.24, 2.45) is 5.92 Å². The maximum absolute atomic E-state index is 11.9. The molecule has 2 aliphatic heterocycles. The summed E-state index contributed by atoms with van der Waals surface area (Å²) < 4.78 is 6.18. The van der Waals surface area contributed by atoms with Crippen LogP contribution in [0.4, 0.5) is 11.5 Å². The number of aryl methyl sites for hydroxylation is 1. The first-order valence-electron chi connectivity index (χ1n) is 11.0. The molecule has 1 saturated heterocycles. The Labute approximate surface area is 188 Å². The van der Waals surface area contributed by atoms with Crippen LogP contribution in [0.15, 0.2) is 61.6 Å². The van der Waals surface area contributed by atoms with Gasteiger partial charge in [-0.2, -0.15) is 0 Å². The molecule has 0 saturated carbocycles. The number of ether oxygens (including phenoxy) is 1. The highest BCUT2D eigenvalue weighted by molar-refractivity contribution is 5.87. The van der Waals surface area contributed by atoms with E-state index in [2.05, 4.69) is 40.9 Å². The summed E-state index contributed by atoms with van der Waals surface area (Å²) in [6.07, 6.45) is 8.86. The normalized spacial score (nSPS) is 16.9. The molecule has 1 aromatic carbocycles. The Balaban J connectivity index is 1.39. The maximum Gasteiger partial charge on any atom is 0.245 e. The van der Waals surface area contributed by atoms with Gasteiger partial charge in [0.15, 0.2) is 0 Å². The highest BCUT2D eigenvalue weighted by atomic mass is 16.5. The molecule has 6 heteroatoms. The van der Waals surface area contributed by atoms with E-state index in [0.717, 1.165) is 65.4 Å². The number of benzene rings is 1. The third-order valence-corrected chi connectivity index (χ3v) is 6.35. The summed E-state index contributed by atoms with van der Waals surface area (Å²) in [4.78, 5) is 22.7. The Hall–Kier alpha value is -3.67. The van der Waals surface area contributed by atoms with E-state index in [4.69, 9.17) is 4.74 Å². The number of carbonyl (C=O) groups is 1. The summed E-state index contributed by atoms with van der Waals surface area (Å²) in [5.74, 6) is 2.10. The van der Waals surface area contributed by atoms with Gasteiger partial charge in [0.05, 0.1) is 5.69 Å². The minimum absolute atomic E-state index is 0.0202. The summed E-state index contributed by atoms with van der Waals surface area (Å²) in [5.41, 5.74) is 6.50. The van der Waals surface area contributed by atoms with Crippen LogP contribution in [0.3, 0.4) is 0 Å². The van der Waals surface area contributed by atoms with E-state index in [1.165, 1.54) is 11.6 Å². The molecular formula is C26H26N4O2. The molecular weight excluding hydrogens is 400 g/mol. The van der Waals surface area contributed by atoms with Gasteiger partial charge < -0.3 is 15.0 Å². The number of hydrogen-bond acceptors (Lipinski definition) is 5. The number of hydrogen-bond donors (Lipinski definition) is 1. The lowest BCUT2D eigenvalue weighted by atomic mass is 9.98. The molecule has 162 valence electrons. The summed E-state index contributed by atoms with van der Waals surface area (Å²) in [6, 6.07) is 10.3. The maximum atomic E-state index is 11.9. The second-order valence-electron chi connectivity index (χ2n) is 8.47. The molecule has 3 aromatic rings. The van der Waals surface area contributed by atoms with Crippen LogP contribution in [0.25, 0.3) is 11.1 Å². The van der Waals surface area contributed by atoms with E-state index in [1.54, 1.807) is 0 Å². The monoisotopic (exact) mass is 426 g/mol. The van der Waals surface area contributed by atoms with Crippen LogP contribution in [0, 0.1) is 12.8 Å². The fourth-order valence-electron chi connectivity index (χ4n) is 4.61. The lowest BCUT2D eigenvalue weighted by molar-refractivity contribution is -0.125. The van der Waals surface area contributed by atoms with E-state index >= 15 is 0 Å². The first kappa shape index (κ1) is 20.2. The van der Waals surface area contributed by atoms with Gasteiger partial charge in [-0.25, -0.2) is 4.98 Å². The zero-order valence-corrected chi connectivity index (χ0v) is 18.2. The van der Waals surface area contributed by atoms with Crippen molar-refractivity contribution in [2.75, 3.05) is 18.4 Å². The molecule has 1 amide bonds. The molecule has 5 rings (SSSR count). The Morgan fingerprint density at radius 2 is 2.19 bits per heavy atom. The fourth-order valence-corrected chi connectivity index (χ4v) is 4.61. The summed E-state index contributed by atoms with van der Waals surface area (Å²) in [5, 5.41) is 3.50. The molecule has 0 bridgehead atoms. The van der Waals surface area contributed by atoms with E-state index < -0.39 is 0 Å². The molecule has 32 heavy (non-hydrogen) atoms. The standard InChI is InChI=1S/C26H26N4O2/c1-3-25(31)30-11-8-19(15-30)12-18-4-5-24-23(13-18)29-26-22(16-32-24)20(7-10-28-26)21-14-27-9-6-17(21)2/h3-7,9-10,13-14,19H,1,8,11-12,15-16H2,2H3,(H,28,29). The van der Waals surface area contributed by atoms with Crippen LogP contribution >= 0.6 is 0 Å². The average Bonchev–Trinajstić information content (AvgIpc) is 3.19. The van der Waals surface area contributed by atoms with Gasteiger partial charge in [-0.3, -0.25) is 9.78 Å². The summed E-state index contributed by atoms with van der Waals surface area (Å²) in [7, 11) is 0.